The lowest BCUT2D eigenvalue weighted by Crippen LogP contribution is -2.38. The third-order valence-electron chi connectivity index (χ3n) is 6.21. The van der Waals surface area contributed by atoms with Crippen molar-refractivity contribution in [2.45, 2.75) is 32.3 Å². The van der Waals surface area contributed by atoms with Crippen molar-refractivity contribution in [3.05, 3.63) is 89.9 Å². The van der Waals surface area contributed by atoms with Crippen LogP contribution in [-0.2, 0) is 11.3 Å². The van der Waals surface area contributed by atoms with E-state index < -0.39 is 5.95 Å². The van der Waals surface area contributed by atoms with E-state index in [0.29, 0.717) is 24.3 Å². The number of hydrogen-bond acceptors (Lipinski definition) is 5. The normalized spacial score (nSPS) is 14.2. The van der Waals surface area contributed by atoms with E-state index in [-0.39, 0.29) is 18.6 Å². The van der Waals surface area contributed by atoms with Crippen molar-refractivity contribution in [3.8, 4) is 22.6 Å². The highest BCUT2D eigenvalue weighted by atomic mass is 19.1. The van der Waals surface area contributed by atoms with Gasteiger partial charge in [0.15, 0.2) is 0 Å². The Hall–Kier alpha value is -4.07. The Kier molecular flexibility index (Phi) is 6.52. The lowest BCUT2D eigenvalue weighted by Gasteiger charge is -2.30. The Morgan fingerprint density at radius 1 is 1.09 bits per heavy atom. The van der Waals surface area contributed by atoms with Gasteiger partial charge in [0.25, 0.3) is 0 Å². The van der Waals surface area contributed by atoms with Gasteiger partial charge in [-0.05, 0) is 43.5 Å². The number of likely N-dealkylation sites (tertiary alicyclic amines) is 1. The van der Waals surface area contributed by atoms with Gasteiger partial charge in [-0.2, -0.15) is 4.39 Å². The monoisotopic (exact) mass is 471 g/mol. The number of rotatable bonds is 5. The molecule has 8 heteroatoms. The summed E-state index contributed by atoms with van der Waals surface area (Å²) in [5.41, 5.74) is 4.62. The highest BCUT2D eigenvalue weighted by Crippen LogP contribution is 2.34. The molecule has 3 aromatic heterocycles. The molecule has 0 saturated carbocycles. The number of nitrogens with zero attached hydrogens (tertiary/aromatic N) is 4. The van der Waals surface area contributed by atoms with Crippen LogP contribution in [0, 0.1) is 12.9 Å². The van der Waals surface area contributed by atoms with Crippen molar-refractivity contribution < 1.29 is 13.9 Å². The quantitative estimate of drug-likeness (QED) is 0.389. The number of aromatic amines is 1. The number of carbonyl (C=O) groups excluding carboxylic acids is 1. The fourth-order valence-corrected chi connectivity index (χ4v) is 4.36. The van der Waals surface area contributed by atoms with Gasteiger partial charge in [0.05, 0.1) is 17.1 Å². The number of imidazole rings is 1. The van der Waals surface area contributed by atoms with Gasteiger partial charge < -0.3 is 14.6 Å². The van der Waals surface area contributed by atoms with Crippen LogP contribution in [0.15, 0.2) is 66.9 Å². The molecule has 5 rings (SSSR count). The largest absolute Gasteiger partial charge is 0.445 e. The van der Waals surface area contributed by atoms with Crippen LogP contribution in [0.2, 0.25) is 0 Å². The van der Waals surface area contributed by atoms with E-state index in [2.05, 4.69) is 15.0 Å². The van der Waals surface area contributed by atoms with Gasteiger partial charge in [0.2, 0.25) is 5.95 Å². The molecule has 0 radical (unpaired) electrons. The third-order valence-corrected chi connectivity index (χ3v) is 6.21. The summed E-state index contributed by atoms with van der Waals surface area (Å²) in [7, 11) is 0. The zero-order valence-electron chi connectivity index (χ0n) is 19.4. The molecule has 0 bridgehead atoms. The van der Waals surface area contributed by atoms with Crippen LogP contribution in [-0.4, -0.2) is 44.0 Å². The van der Waals surface area contributed by atoms with E-state index >= 15 is 0 Å². The standard InChI is InChI=1S/C27H26FN5O2/c1-18-6-5-9-22(30-18)25-24(21-10-13-29-23(28)16-21)31-26(32-25)20-11-14-33(15-12-20)27(34)35-17-19-7-3-2-4-8-19/h2-10,13,16,20H,11-12,14-15,17H2,1H3,(H,31,32). The molecular weight excluding hydrogens is 445 g/mol. The summed E-state index contributed by atoms with van der Waals surface area (Å²) in [4.78, 5) is 30.9. The Labute approximate surface area is 203 Å². The summed E-state index contributed by atoms with van der Waals surface area (Å²) in [6.07, 6.45) is 2.63. The minimum absolute atomic E-state index is 0.136. The lowest BCUT2D eigenvalue weighted by atomic mass is 9.96. The number of pyridine rings is 2. The molecule has 1 amide bonds. The fraction of sp³-hybridized carbons (Fsp3) is 0.259. The van der Waals surface area contributed by atoms with Crippen molar-refractivity contribution in [3.63, 3.8) is 0 Å². The van der Waals surface area contributed by atoms with Gasteiger partial charge >= 0.3 is 6.09 Å². The fourth-order valence-electron chi connectivity index (χ4n) is 4.36. The Morgan fingerprint density at radius 2 is 1.89 bits per heavy atom. The molecule has 1 N–H and O–H groups in total. The molecule has 1 aliphatic heterocycles. The summed E-state index contributed by atoms with van der Waals surface area (Å²) in [6.45, 7) is 3.35. The molecular formula is C27H26FN5O2. The van der Waals surface area contributed by atoms with Crippen molar-refractivity contribution >= 4 is 6.09 Å². The molecule has 1 aliphatic rings. The number of nitrogens with one attached hydrogen (secondary N) is 1. The minimum Gasteiger partial charge on any atom is -0.445 e. The zero-order chi connectivity index (χ0) is 24.2. The molecule has 4 heterocycles. The van der Waals surface area contributed by atoms with E-state index in [1.54, 1.807) is 11.0 Å². The number of benzene rings is 1. The van der Waals surface area contributed by atoms with Crippen molar-refractivity contribution in [2.75, 3.05) is 13.1 Å². The van der Waals surface area contributed by atoms with Crippen LogP contribution in [0.5, 0.6) is 0 Å². The average Bonchev–Trinajstić information content (AvgIpc) is 3.34. The Morgan fingerprint density at radius 3 is 2.63 bits per heavy atom. The summed E-state index contributed by atoms with van der Waals surface area (Å²) in [5.74, 6) is 0.391. The maximum atomic E-state index is 13.9. The van der Waals surface area contributed by atoms with Gasteiger partial charge in [0.1, 0.15) is 12.4 Å². The lowest BCUT2D eigenvalue weighted by molar-refractivity contribution is 0.0866. The van der Waals surface area contributed by atoms with Gasteiger partial charge in [-0.3, -0.25) is 4.98 Å². The van der Waals surface area contributed by atoms with E-state index in [4.69, 9.17) is 9.72 Å². The highest BCUT2D eigenvalue weighted by molar-refractivity contribution is 5.76. The average molecular weight is 472 g/mol. The topological polar surface area (TPSA) is 84.0 Å². The van der Waals surface area contributed by atoms with Crippen molar-refractivity contribution in [2.24, 2.45) is 0 Å². The summed E-state index contributed by atoms with van der Waals surface area (Å²) >= 11 is 0. The summed E-state index contributed by atoms with van der Waals surface area (Å²) in [5, 5.41) is 0. The first-order chi connectivity index (χ1) is 17.1. The maximum Gasteiger partial charge on any atom is 0.410 e. The first-order valence-electron chi connectivity index (χ1n) is 11.7. The SMILES string of the molecule is Cc1cccc(-c2[nH]c(C3CCN(C(=O)OCc4ccccc4)CC3)nc2-c2ccnc(F)c2)n1. The zero-order valence-corrected chi connectivity index (χ0v) is 19.4. The van der Waals surface area contributed by atoms with Gasteiger partial charge in [-0.25, -0.2) is 14.8 Å². The van der Waals surface area contributed by atoms with Gasteiger partial charge in [-0.15, -0.1) is 0 Å². The van der Waals surface area contributed by atoms with Crippen LogP contribution < -0.4 is 0 Å². The van der Waals surface area contributed by atoms with E-state index in [1.165, 1.54) is 12.3 Å². The number of carbonyl (C=O) groups is 1. The summed E-state index contributed by atoms with van der Waals surface area (Å²) < 4.78 is 19.4. The van der Waals surface area contributed by atoms with Crippen LogP contribution in [0.1, 0.15) is 35.8 Å². The second-order valence-corrected chi connectivity index (χ2v) is 8.68. The summed E-state index contributed by atoms with van der Waals surface area (Å²) in [6, 6.07) is 18.6. The van der Waals surface area contributed by atoms with Gasteiger partial charge in [0, 0.05) is 42.5 Å². The second-order valence-electron chi connectivity index (χ2n) is 8.68. The van der Waals surface area contributed by atoms with E-state index in [1.807, 2.05) is 55.5 Å². The molecule has 7 nitrogen and oxygen atoms in total. The first-order valence-corrected chi connectivity index (χ1v) is 11.7. The predicted octanol–water partition coefficient (Wildman–Crippen LogP) is 5.50. The number of hydrogen-bond donors (Lipinski definition) is 1. The van der Waals surface area contributed by atoms with Crippen LogP contribution in [0.4, 0.5) is 9.18 Å². The predicted molar refractivity (Wildman–Crippen MR) is 130 cm³/mol. The van der Waals surface area contributed by atoms with E-state index in [0.717, 1.165) is 41.3 Å². The number of aryl methyl sites for hydroxylation is 1. The molecule has 0 atom stereocenters. The number of H-pyrrole nitrogens is 1. The number of amides is 1. The molecule has 0 spiro atoms. The smallest absolute Gasteiger partial charge is 0.410 e. The van der Waals surface area contributed by atoms with Crippen molar-refractivity contribution in [1.29, 1.82) is 0 Å². The van der Waals surface area contributed by atoms with Crippen molar-refractivity contribution in [1.82, 2.24) is 24.8 Å². The number of halogens is 1. The van der Waals surface area contributed by atoms with Gasteiger partial charge in [-0.1, -0.05) is 36.4 Å². The van der Waals surface area contributed by atoms with Crippen LogP contribution in [0.25, 0.3) is 22.6 Å². The molecule has 35 heavy (non-hydrogen) atoms. The molecule has 178 valence electrons. The second kappa shape index (κ2) is 10.0. The van der Waals surface area contributed by atoms with Crippen LogP contribution >= 0.6 is 0 Å². The number of aromatic nitrogens is 4. The molecule has 1 fully saturated rings. The van der Waals surface area contributed by atoms with Crippen LogP contribution in [0.3, 0.4) is 0 Å². The highest BCUT2D eigenvalue weighted by Gasteiger charge is 2.28. The number of piperidine rings is 1. The number of ether oxygens (including phenoxy) is 1. The third kappa shape index (κ3) is 5.21. The maximum absolute atomic E-state index is 13.9. The first kappa shape index (κ1) is 22.7. The minimum atomic E-state index is -0.558. The van der Waals surface area contributed by atoms with E-state index in [9.17, 15) is 9.18 Å². The Balaban J connectivity index is 1.32. The Bertz CT molecular complexity index is 1250. The molecule has 0 aliphatic carbocycles. The molecule has 0 unspecified atom stereocenters. The molecule has 4 aromatic rings. The molecule has 1 saturated heterocycles. The molecule has 1 aromatic carbocycles.